The van der Waals surface area contributed by atoms with Crippen molar-refractivity contribution in [1.29, 1.82) is 0 Å². The van der Waals surface area contributed by atoms with E-state index in [9.17, 15) is 14.4 Å². The largest absolute Gasteiger partial charge is 0.294 e. The number of hydrogen-bond donors (Lipinski definition) is 1. The summed E-state index contributed by atoms with van der Waals surface area (Å²) >= 11 is 0. The summed E-state index contributed by atoms with van der Waals surface area (Å²) in [7, 11) is 0. The Morgan fingerprint density at radius 2 is 1.74 bits per heavy atom. The molecule has 1 aliphatic rings. The van der Waals surface area contributed by atoms with Crippen LogP contribution < -0.4 is 5.32 Å². The van der Waals surface area contributed by atoms with Gasteiger partial charge in [-0.05, 0) is 13.0 Å². The molecule has 1 saturated heterocycles. The monoisotopic (exact) mass is 260 g/mol. The predicted octanol–water partition coefficient (Wildman–Crippen LogP) is 0.608. The fourth-order valence-corrected chi connectivity index (χ4v) is 2.09. The highest BCUT2D eigenvalue weighted by atomic mass is 16.2. The number of nitrogens with zero attached hydrogens (tertiary/aromatic N) is 1. The lowest BCUT2D eigenvalue weighted by Gasteiger charge is -2.24. The van der Waals surface area contributed by atoms with Crippen molar-refractivity contribution in [2.24, 2.45) is 0 Å². The molecular formula is C14H16N2O3. The Bertz CT molecular complexity index is 469. The van der Waals surface area contributed by atoms with Crippen LogP contribution in [0.5, 0.6) is 0 Å². The van der Waals surface area contributed by atoms with Crippen LogP contribution in [0.4, 0.5) is 0 Å². The highest BCUT2D eigenvalue weighted by Crippen LogP contribution is 2.06. The fraction of sp³-hybridized carbons (Fsp3) is 0.357. The van der Waals surface area contributed by atoms with Crippen LogP contribution in [0.15, 0.2) is 30.3 Å². The van der Waals surface area contributed by atoms with Crippen molar-refractivity contribution in [1.82, 2.24) is 10.2 Å². The van der Waals surface area contributed by atoms with Gasteiger partial charge < -0.3 is 0 Å². The third kappa shape index (κ3) is 3.99. The van der Waals surface area contributed by atoms with Crippen molar-refractivity contribution in [3.63, 3.8) is 0 Å². The Balaban J connectivity index is 1.76. The van der Waals surface area contributed by atoms with Crippen LogP contribution in [0.2, 0.25) is 0 Å². The number of ketones is 1. The van der Waals surface area contributed by atoms with E-state index in [-0.39, 0.29) is 30.7 Å². The molecule has 0 unspecified atom stereocenters. The van der Waals surface area contributed by atoms with E-state index in [0.29, 0.717) is 24.9 Å². The number of rotatable bonds is 5. The topological polar surface area (TPSA) is 66.5 Å². The van der Waals surface area contributed by atoms with E-state index in [0.717, 1.165) is 0 Å². The predicted molar refractivity (Wildman–Crippen MR) is 69.6 cm³/mol. The maximum atomic E-state index is 11.9. The zero-order chi connectivity index (χ0) is 13.7. The zero-order valence-electron chi connectivity index (χ0n) is 10.6. The van der Waals surface area contributed by atoms with E-state index in [2.05, 4.69) is 5.32 Å². The van der Waals surface area contributed by atoms with Crippen LogP contribution in [0.3, 0.4) is 0 Å². The maximum Gasteiger partial charge on any atom is 0.240 e. The summed E-state index contributed by atoms with van der Waals surface area (Å²) in [5.74, 6) is -0.454. The number of amides is 2. The summed E-state index contributed by atoms with van der Waals surface area (Å²) in [5, 5.41) is 2.25. The van der Waals surface area contributed by atoms with E-state index in [1.165, 1.54) is 0 Å². The molecule has 0 aromatic heterocycles. The molecule has 5 nitrogen and oxygen atoms in total. The molecule has 1 fully saturated rings. The molecule has 0 saturated carbocycles. The van der Waals surface area contributed by atoms with E-state index < -0.39 is 0 Å². The average molecular weight is 260 g/mol. The molecule has 0 aliphatic carbocycles. The molecule has 1 aromatic rings. The van der Waals surface area contributed by atoms with E-state index in [1.54, 1.807) is 17.0 Å². The molecule has 1 heterocycles. The average Bonchev–Trinajstić information content (AvgIpc) is 2.38. The Morgan fingerprint density at radius 3 is 2.37 bits per heavy atom. The molecule has 1 aliphatic heterocycles. The second kappa shape index (κ2) is 6.24. The Morgan fingerprint density at radius 1 is 1.11 bits per heavy atom. The van der Waals surface area contributed by atoms with Crippen LogP contribution >= 0.6 is 0 Å². The van der Waals surface area contributed by atoms with E-state index >= 15 is 0 Å². The number of piperazine rings is 1. The standard InChI is InChI=1S/C14H16N2O3/c17-12(11-5-2-1-3-6-11)7-4-8-16-9-13(18)15-14(19)10-16/h1-3,5-6H,4,7-10H2,(H,15,18,19). The SMILES string of the molecule is O=C1CN(CCCC(=O)c2ccccc2)CC(=O)N1. The number of carbonyl (C=O) groups is 3. The van der Waals surface area contributed by atoms with Gasteiger partial charge in [0.15, 0.2) is 5.78 Å². The zero-order valence-corrected chi connectivity index (χ0v) is 10.6. The molecule has 0 atom stereocenters. The molecule has 2 rings (SSSR count). The van der Waals surface area contributed by atoms with Gasteiger partial charge in [0, 0.05) is 12.0 Å². The molecule has 0 spiro atoms. The molecule has 2 amide bonds. The first-order valence-electron chi connectivity index (χ1n) is 6.28. The molecule has 0 bridgehead atoms. The quantitative estimate of drug-likeness (QED) is 0.622. The van der Waals surface area contributed by atoms with Crippen LogP contribution in [0, 0.1) is 0 Å². The molecule has 1 N–H and O–H groups in total. The van der Waals surface area contributed by atoms with Gasteiger partial charge in [0.2, 0.25) is 11.8 Å². The Kier molecular flexibility index (Phi) is 4.41. The first kappa shape index (κ1) is 13.4. The van der Waals surface area contributed by atoms with Gasteiger partial charge in [-0.3, -0.25) is 24.6 Å². The summed E-state index contributed by atoms with van der Waals surface area (Å²) in [5.41, 5.74) is 0.704. The smallest absolute Gasteiger partial charge is 0.240 e. The first-order chi connectivity index (χ1) is 9.15. The van der Waals surface area contributed by atoms with Gasteiger partial charge in [0.25, 0.3) is 0 Å². The lowest BCUT2D eigenvalue weighted by atomic mass is 10.1. The minimum absolute atomic E-state index is 0.0911. The van der Waals surface area contributed by atoms with Gasteiger partial charge in [-0.15, -0.1) is 0 Å². The number of imide groups is 1. The van der Waals surface area contributed by atoms with Gasteiger partial charge in [-0.2, -0.15) is 0 Å². The maximum absolute atomic E-state index is 11.9. The Labute approximate surface area is 111 Å². The fourth-order valence-electron chi connectivity index (χ4n) is 2.09. The molecule has 1 aromatic carbocycles. The van der Waals surface area contributed by atoms with Crippen molar-refractivity contribution in [2.75, 3.05) is 19.6 Å². The third-order valence-electron chi connectivity index (χ3n) is 2.99. The van der Waals surface area contributed by atoms with Crippen molar-refractivity contribution in [3.05, 3.63) is 35.9 Å². The Hall–Kier alpha value is -2.01. The van der Waals surface area contributed by atoms with Crippen molar-refractivity contribution in [3.8, 4) is 0 Å². The van der Waals surface area contributed by atoms with Gasteiger partial charge in [0.1, 0.15) is 0 Å². The lowest BCUT2D eigenvalue weighted by Crippen LogP contribution is -2.51. The summed E-state index contributed by atoms with van der Waals surface area (Å²) < 4.78 is 0. The van der Waals surface area contributed by atoms with Crippen LogP contribution in [0.1, 0.15) is 23.2 Å². The van der Waals surface area contributed by atoms with Crippen molar-refractivity contribution < 1.29 is 14.4 Å². The minimum atomic E-state index is -0.273. The van der Waals surface area contributed by atoms with Gasteiger partial charge in [0.05, 0.1) is 13.1 Å². The number of carbonyl (C=O) groups excluding carboxylic acids is 3. The first-order valence-corrected chi connectivity index (χ1v) is 6.28. The minimum Gasteiger partial charge on any atom is -0.294 e. The van der Waals surface area contributed by atoms with E-state index in [1.807, 2.05) is 18.2 Å². The number of nitrogens with one attached hydrogen (secondary N) is 1. The van der Waals surface area contributed by atoms with Crippen molar-refractivity contribution >= 4 is 17.6 Å². The normalized spacial score (nSPS) is 16.2. The van der Waals surface area contributed by atoms with Gasteiger partial charge in [-0.1, -0.05) is 30.3 Å². The third-order valence-corrected chi connectivity index (χ3v) is 2.99. The van der Waals surface area contributed by atoms with Crippen LogP contribution in [0.25, 0.3) is 0 Å². The summed E-state index contributed by atoms with van der Waals surface area (Å²) in [6.07, 6.45) is 1.07. The van der Waals surface area contributed by atoms with Crippen LogP contribution in [-0.4, -0.2) is 42.1 Å². The van der Waals surface area contributed by atoms with Crippen LogP contribution in [-0.2, 0) is 9.59 Å². The highest BCUT2D eigenvalue weighted by molar-refractivity contribution is 5.99. The summed E-state index contributed by atoms with van der Waals surface area (Å²) in [6, 6.07) is 9.12. The lowest BCUT2D eigenvalue weighted by molar-refractivity contribution is -0.136. The molecule has 5 heteroatoms. The highest BCUT2D eigenvalue weighted by Gasteiger charge is 2.21. The molecule has 100 valence electrons. The van der Waals surface area contributed by atoms with Crippen molar-refractivity contribution in [2.45, 2.75) is 12.8 Å². The molecular weight excluding hydrogens is 244 g/mol. The second-order valence-corrected chi connectivity index (χ2v) is 4.57. The summed E-state index contributed by atoms with van der Waals surface area (Å²) in [6.45, 7) is 1.04. The number of hydrogen-bond acceptors (Lipinski definition) is 4. The summed E-state index contributed by atoms with van der Waals surface area (Å²) in [4.78, 5) is 35.9. The number of benzene rings is 1. The molecule has 19 heavy (non-hydrogen) atoms. The van der Waals surface area contributed by atoms with E-state index in [4.69, 9.17) is 0 Å². The van der Waals surface area contributed by atoms with Gasteiger partial charge >= 0.3 is 0 Å². The molecule has 0 radical (unpaired) electrons. The second-order valence-electron chi connectivity index (χ2n) is 4.57. The van der Waals surface area contributed by atoms with Gasteiger partial charge in [-0.25, -0.2) is 0 Å². The number of Topliss-reactive ketones (excluding diaryl/α,β-unsaturated/α-hetero) is 1.